The Bertz CT molecular complexity index is 396. The third kappa shape index (κ3) is 2.31. The molecule has 72 valence electrons. The number of rotatable bonds is 2. The average molecular weight is 329 g/mol. The highest BCUT2D eigenvalue weighted by atomic mass is 79.9. The van der Waals surface area contributed by atoms with Crippen LogP contribution in [0.5, 0.6) is 0 Å². The van der Waals surface area contributed by atoms with E-state index >= 15 is 0 Å². The van der Waals surface area contributed by atoms with Gasteiger partial charge in [-0.3, -0.25) is 0 Å². The van der Waals surface area contributed by atoms with Crippen molar-refractivity contribution in [1.82, 2.24) is 4.72 Å². The van der Waals surface area contributed by atoms with Gasteiger partial charge in [0.1, 0.15) is 4.90 Å². The van der Waals surface area contributed by atoms with Gasteiger partial charge < -0.3 is 0 Å². The minimum atomic E-state index is -3.40. The Kier molecular flexibility index (Phi) is 3.50. The summed E-state index contributed by atoms with van der Waals surface area (Å²) in [6.45, 7) is 0. The topological polar surface area (TPSA) is 46.2 Å². The van der Waals surface area contributed by atoms with Gasteiger partial charge in [-0.2, -0.15) is 0 Å². The monoisotopic (exact) mass is 327 g/mol. The van der Waals surface area contributed by atoms with Crippen molar-refractivity contribution in [3.8, 4) is 0 Å². The SMILES string of the molecule is CNS(=O)(=O)c1c(Br)cccc1Br. The molecule has 0 unspecified atom stereocenters. The van der Waals surface area contributed by atoms with Crippen LogP contribution in [0.4, 0.5) is 0 Å². The lowest BCUT2D eigenvalue weighted by atomic mass is 10.4. The molecule has 6 heteroatoms. The fraction of sp³-hybridized carbons (Fsp3) is 0.143. The maximum Gasteiger partial charge on any atom is 0.242 e. The van der Waals surface area contributed by atoms with E-state index < -0.39 is 10.0 Å². The number of nitrogens with one attached hydrogen (secondary N) is 1. The molecule has 13 heavy (non-hydrogen) atoms. The zero-order valence-corrected chi connectivity index (χ0v) is 10.7. The molecule has 1 rings (SSSR count). The van der Waals surface area contributed by atoms with Gasteiger partial charge in [-0.25, -0.2) is 13.1 Å². The minimum absolute atomic E-state index is 0.220. The fourth-order valence-corrected chi connectivity index (χ4v) is 3.97. The number of benzene rings is 1. The maximum absolute atomic E-state index is 11.5. The quantitative estimate of drug-likeness (QED) is 0.904. The Labute approximate surface area is 93.8 Å². The molecule has 0 spiro atoms. The fourth-order valence-electron chi connectivity index (χ4n) is 0.841. The molecule has 0 aromatic heterocycles. The molecular weight excluding hydrogens is 322 g/mol. The summed E-state index contributed by atoms with van der Waals surface area (Å²) in [5, 5.41) is 0. The summed E-state index contributed by atoms with van der Waals surface area (Å²) >= 11 is 6.35. The molecule has 0 atom stereocenters. The van der Waals surface area contributed by atoms with Gasteiger partial charge in [0.15, 0.2) is 0 Å². The van der Waals surface area contributed by atoms with Crippen molar-refractivity contribution in [2.75, 3.05) is 7.05 Å². The van der Waals surface area contributed by atoms with E-state index in [1.54, 1.807) is 18.2 Å². The van der Waals surface area contributed by atoms with E-state index in [2.05, 4.69) is 36.6 Å². The summed E-state index contributed by atoms with van der Waals surface area (Å²) in [4.78, 5) is 0.220. The zero-order chi connectivity index (χ0) is 10.1. The predicted octanol–water partition coefficient (Wildman–Crippen LogP) is 2.12. The van der Waals surface area contributed by atoms with Crippen molar-refractivity contribution >= 4 is 41.9 Å². The zero-order valence-electron chi connectivity index (χ0n) is 6.71. The van der Waals surface area contributed by atoms with E-state index in [0.29, 0.717) is 8.95 Å². The van der Waals surface area contributed by atoms with Gasteiger partial charge in [0.2, 0.25) is 10.0 Å². The van der Waals surface area contributed by atoms with Gasteiger partial charge in [0.25, 0.3) is 0 Å². The molecule has 0 heterocycles. The van der Waals surface area contributed by atoms with Crippen LogP contribution in [0.1, 0.15) is 0 Å². The molecule has 1 N–H and O–H groups in total. The van der Waals surface area contributed by atoms with Crippen LogP contribution in [0, 0.1) is 0 Å². The van der Waals surface area contributed by atoms with E-state index in [4.69, 9.17) is 0 Å². The third-order valence-electron chi connectivity index (χ3n) is 1.46. The molecule has 0 saturated heterocycles. The maximum atomic E-state index is 11.5. The number of sulfonamides is 1. The lowest BCUT2D eigenvalue weighted by Crippen LogP contribution is -2.19. The highest BCUT2D eigenvalue weighted by Crippen LogP contribution is 2.28. The molecule has 0 aliphatic rings. The summed E-state index contributed by atoms with van der Waals surface area (Å²) in [5.41, 5.74) is 0. The van der Waals surface area contributed by atoms with Crippen LogP contribution in [0.15, 0.2) is 32.0 Å². The van der Waals surface area contributed by atoms with E-state index in [-0.39, 0.29) is 4.90 Å². The van der Waals surface area contributed by atoms with E-state index in [1.165, 1.54) is 7.05 Å². The van der Waals surface area contributed by atoms with Crippen molar-refractivity contribution < 1.29 is 8.42 Å². The van der Waals surface area contributed by atoms with Gasteiger partial charge >= 0.3 is 0 Å². The van der Waals surface area contributed by atoms with Crippen molar-refractivity contribution in [2.45, 2.75) is 4.90 Å². The molecule has 3 nitrogen and oxygen atoms in total. The van der Waals surface area contributed by atoms with E-state index in [9.17, 15) is 8.42 Å². The summed E-state index contributed by atoms with van der Waals surface area (Å²) in [7, 11) is -2.03. The normalized spacial score (nSPS) is 11.6. The van der Waals surface area contributed by atoms with Crippen LogP contribution in [0.3, 0.4) is 0 Å². The van der Waals surface area contributed by atoms with Crippen molar-refractivity contribution in [3.05, 3.63) is 27.1 Å². The number of hydrogen-bond acceptors (Lipinski definition) is 2. The molecule has 0 radical (unpaired) electrons. The summed E-state index contributed by atoms with van der Waals surface area (Å²) in [5.74, 6) is 0. The Balaban J connectivity index is 3.46. The Morgan fingerprint density at radius 2 is 1.69 bits per heavy atom. The minimum Gasteiger partial charge on any atom is -0.214 e. The van der Waals surface area contributed by atoms with Crippen molar-refractivity contribution in [1.29, 1.82) is 0 Å². The molecule has 0 aliphatic heterocycles. The molecule has 1 aromatic carbocycles. The van der Waals surface area contributed by atoms with E-state index in [1.807, 2.05) is 0 Å². The third-order valence-corrected chi connectivity index (χ3v) is 4.82. The second kappa shape index (κ2) is 4.08. The van der Waals surface area contributed by atoms with Crippen LogP contribution in [-0.2, 0) is 10.0 Å². The molecule has 0 amide bonds. The Morgan fingerprint density at radius 3 is 2.08 bits per heavy atom. The van der Waals surface area contributed by atoms with Crippen LogP contribution in [-0.4, -0.2) is 15.5 Å². The van der Waals surface area contributed by atoms with Gasteiger partial charge in [-0.1, -0.05) is 6.07 Å². The Hall–Kier alpha value is 0.0900. The van der Waals surface area contributed by atoms with Crippen molar-refractivity contribution in [3.63, 3.8) is 0 Å². The second-order valence-electron chi connectivity index (χ2n) is 2.26. The highest BCUT2D eigenvalue weighted by molar-refractivity contribution is 9.11. The van der Waals surface area contributed by atoms with Crippen LogP contribution >= 0.6 is 31.9 Å². The molecule has 0 saturated carbocycles. The first-order valence-corrected chi connectivity index (χ1v) is 6.43. The van der Waals surface area contributed by atoms with E-state index in [0.717, 1.165) is 0 Å². The molecule has 1 aromatic rings. The predicted molar refractivity (Wildman–Crippen MR) is 58.1 cm³/mol. The lowest BCUT2D eigenvalue weighted by Gasteiger charge is -2.06. The second-order valence-corrected chi connectivity index (χ2v) is 5.79. The average Bonchev–Trinajstić information content (AvgIpc) is 2.03. The van der Waals surface area contributed by atoms with Crippen LogP contribution in [0.2, 0.25) is 0 Å². The van der Waals surface area contributed by atoms with Gasteiger partial charge in [-0.05, 0) is 51.0 Å². The van der Waals surface area contributed by atoms with Crippen LogP contribution < -0.4 is 4.72 Å². The lowest BCUT2D eigenvalue weighted by molar-refractivity contribution is 0.587. The van der Waals surface area contributed by atoms with Crippen molar-refractivity contribution in [2.24, 2.45) is 0 Å². The molecular formula is C7H7Br2NO2S. The first-order valence-electron chi connectivity index (χ1n) is 3.36. The molecule has 0 bridgehead atoms. The summed E-state index contributed by atoms with van der Waals surface area (Å²) < 4.78 is 26.3. The van der Waals surface area contributed by atoms with Gasteiger partial charge in [-0.15, -0.1) is 0 Å². The molecule has 0 aliphatic carbocycles. The largest absolute Gasteiger partial charge is 0.242 e. The highest BCUT2D eigenvalue weighted by Gasteiger charge is 2.18. The van der Waals surface area contributed by atoms with Crippen LogP contribution in [0.25, 0.3) is 0 Å². The van der Waals surface area contributed by atoms with Gasteiger partial charge in [0.05, 0.1) is 0 Å². The van der Waals surface area contributed by atoms with Gasteiger partial charge in [0, 0.05) is 8.95 Å². The summed E-state index contributed by atoms with van der Waals surface area (Å²) in [6, 6.07) is 5.10. The number of hydrogen-bond donors (Lipinski definition) is 1. The first-order chi connectivity index (χ1) is 5.99. The molecule has 0 fully saturated rings. The Morgan fingerprint density at radius 1 is 1.23 bits per heavy atom. The number of halogens is 2. The first kappa shape index (κ1) is 11.2. The standard InChI is InChI=1S/C7H7Br2NO2S/c1-10-13(11,12)7-5(8)3-2-4-6(7)9/h2-4,10H,1H3. The summed E-state index contributed by atoms with van der Waals surface area (Å²) in [6.07, 6.45) is 0. The smallest absolute Gasteiger partial charge is 0.214 e.